The van der Waals surface area contributed by atoms with E-state index in [9.17, 15) is 14.3 Å². The number of anilines is 1. The van der Waals surface area contributed by atoms with Crippen molar-refractivity contribution in [1.82, 2.24) is 5.32 Å². The molecule has 4 N–H and O–H groups in total. The van der Waals surface area contributed by atoms with Crippen molar-refractivity contribution in [3.63, 3.8) is 0 Å². The molecule has 0 spiro atoms. The van der Waals surface area contributed by atoms with Crippen LogP contribution >= 0.6 is 0 Å². The molecule has 4 nitrogen and oxygen atoms in total. The first-order valence-electron chi connectivity index (χ1n) is 6.41. The van der Waals surface area contributed by atoms with Crippen molar-refractivity contribution in [3.8, 4) is 0 Å². The summed E-state index contributed by atoms with van der Waals surface area (Å²) in [6.07, 6.45) is 1.51. The quantitative estimate of drug-likeness (QED) is 0.690. The van der Waals surface area contributed by atoms with Gasteiger partial charge in [0.2, 0.25) is 0 Å². The maximum Gasteiger partial charge on any atom is 0.251 e. The fraction of sp³-hybridized carbons (Fsp3) is 0.500. The number of halogens is 1. The number of nitrogens with two attached hydrogens (primary N) is 1. The monoisotopic (exact) mass is 268 g/mol. The Morgan fingerprint density at radius 3 is 2.47 bits per heavy atom. The van der Waals surface area contributed by atoms with Crippen molar-refractivity contribution >= 4 is 11.6 Å². The minimum absolute atomic E-state index is 0.00553. The van der Waals surface area contributed by atoms with E-state index < -0.39 is 5.82 Å². The smallest absolute Gasteiger partial charge is 0.251 e. The zero-order valence-electron chi connectivity index (χ0n) is 11.4. The number of nitrogens with one attached hydrogen (secondary N) is 1. The van der Waals surface area contributed by atoms with E-state index in [1.807, 2.05) is 13.8 Å². The molecule has 0 unspecified atom stereocenters. The first-order valence-corrected chi connectivity index (χ1v) is 6.41. The van der Waals surface area contributed by atoms with Crippen LogP contribution in [0.15, 0.2) is 18.2 Å². The summed E-state index contributed by atoms with van der Waals surface area (Å²) in [5.41, 5.74) is 5.58. The van der Waals surface area contributed by atoms with Gasteiger partial charge < -0.3 is 16.2 Å². The molecule has 0 aliphatic carbocycles. The zero-order valence-corrected chi connectivity index (χ0v) is 11.4. The van der Waals surface area contributed by atoms with Gasteiger partial charge in [-0.3, -0.25) is 4.79 Å². The lowest BCUT2D eigenvalue weighted by molar-refractivity contribution is 0.0850. The SMILES string of the molecule is CCC(CC)(CO)CNC(=O)c1cc(N)cc(F)c1. The summed E-state index contributed by atoms with van der Waals surface area (Å²) in [6, 6.07) is 3.73. The molecule has 0 heterocycles. The van der Waals surface area contributed by atoms with Crippen LogP contribution in [-0.4, -0.2) is 24.2 Å². The highest BCUT2D eigenvalue weighted by molar-refractivity contribution is 5.95. The van der Waals surface area contributed by atoms with E-state index >= 15 is 0 Å². The van der Waals surface area contributed by atoms with Crippen molar-refractivity contribution in [1.29, 1.82) is 0 Å². The normalized spacial score (nSPS) is 11.4. The Balaban J connectivity index is 2.74. The fourth-order valence-electron chi connectivity index (χ4n) is 1.89. The molecule has 1 rings (SSSR count). The summed E-state index contributed by atoms with van der Waals surface area (Å²) in [6.45, 7) is 4.29. The molecule has 0 fully saturated rings. The lowest BCUT2D eigenvalue weighted by Gasteiger charge is -2.29. The number of aliphatic hydroxyl groups is 1. The first kappa shape index (κ1) is 15.4. The molecule has 0 radical (unpaired) electrons. The first-order chi connectivity index (χ1) is 8.96. The molecule has 1 aromatic carbocycles. The predicted molar refractivity (Wildman–Crippen MR) is 73.2 cm³/mol. The highest BCUT2D eigenvalue weighted by Gasteiger charge is 2.26. The lowest BCUT2D eigenvalue weighted by Crippen LogP contribution is -2.39. The van der Waals surface area contributed by atoms with Crippen LogP contribution in [0.25, 0.3) is 0 Å². The number of carbonyl (C=O) groups is 1. The van der Waals surface area contributed by atoms with Crippen LogP contribution in [0.5, 0.6) is 0 Å². The molecule has 0 saturated heterocycles. The van der Waals surface area contributed by atoms with Crippen molar-refractivity contribution in [2.75, 3.05) is 18.9 Å². The van der Waals surface area contributed by atoms with Gasteiger partial charge in [0.15, 0.2) is 0 Å². The maximum atomic E-state index is 13.2. The molecule has 0 aliphatic heterocycles. The zero-order chi connectivity index (χ0) is 14.5. The summed E-state index contributed by atoms with van der Waals surface area (Å²) in [5.74, 6) is -0.921. The molecule has 0 saturated carbocycles. The second-order valence-corrected chi connectivity index (χ2v) is 4.82. The minimum Gasteiger partial charge on any atom is -0.399 e. The van der Waals surface area contributed by atoms with Crippen LogP contribution in [0, 0.1) is 11.2 Å². The third-order valence-electron chi connectivity index (χ3n) is 3.64. The summed E-state index contributed by atoms with van der Waals surface area (Å²) in [5, 5.41) is 12.1. The van der Waals surface area contributed by atoms with E-state index in [2.05, 4.69) is 5.32 Å². The molecule has 1 amide bonds. The summed E-state index contributed by atoms with van der Waals surface area (Å²) >= 11 is 0. The van der Waals surface area contributed by atoms with Crippen molar-refractivity contribution < 1.29 is 14.3 Å². The highest BCUT2D eigenvalue weighted by atomic mass is 19.1. The lowest BCUT2D eigenvalue weighted by atomic mass is 9.83. The molecular formula is C14H21FN2O2. The van der Waals surface area contributed by atoms with Gasteiger partial charge >= 0.3 is 0 Å². The van der Waals surface area contributed by atoms with Gasteiger partial charge in [-0.15, -0.1) is 0 Å². The van der Waals surface area contributed by atoms with Crippen LogP contribution in [0.4, 0.5) is 10.1 Å². The van der Waals surface area contributed by atoms with E-state index in [0.717, 1.165) is 25.0 Å². The van der Waals surface area contributed by atoms with E-state index in [0.29, 0.717) is 6.54 Å². The average Bonchev–Trinajstić information content (AvgIpc) is 2.39. The van der Waals surface area contributed by atoms with E-state index in [4.69, 9.17) is 5.73 Å². The Hall–Kier alpha value is -1.62. The second kappa shape index (κ2) is 6.52. The molecule has 0 atom stereocenters. The van der Waals surface area contributed by atoms with Gasteiger partial charge in [-0.25, -0.2) is 4.39 Å². The van der Waals surface area contributed by atoms with E-state index in [1.165, 1.54) is 6.07 Å². The number of benzene rings is 1. The van der Waals surface area contributed by atoms with Gasteiger partial charge in [0.05, 0.1) is 6.61 Å². The van der Waals surface area contributed by atoms with Gasteiger partial charge in [0.1, 0.15) is 5.82 Å². The number of nitrogen functional groups attached to an aromatic ring is 1. The van der Waals surface area contributed by atoms with Crippen LogP contribution in [-0.2, 0) is 0 Å². The average molecular weight is 268 g/mol. The number of hydrogen-bond acceptors (Lipinski definition) is 3. The molecule has 0 bridgehead atoms. The Kier molecular flexibility index (Phi) is 5.30. The molecule has 1 aromatic rings. The van der Waals surface area contributed by atoms with Crippen LogP contribution < -0.4 is 11.1 Å². The Morgan fingerprint density at radius 1 is 1.37 bits per heavy atom. The topological polar surface area (TPSA) is 75.3 Å². The molecule has 0 aliphatic rings. The van der Waals surface area contributed by atoms with E-state index in [1.54, 1.807) is 0 Å². The third-order valence-corrected chi connectivity index (χ3v) is 3.64. The minimum atomic E-state index is -0.537. The number of rotatable bonds is 6. The standard InChI is InChI=1S/C14H21FN2O2/c1-3-14(4-2,9-18)8-17-13(19)10-5-11(15)7-12(16)6-10/h5-7,18H,3-4,8-9,16H2,1-2H3,(H,17,19). The molecule has 5 heteroatoms. The van der Waals surface area contributed by atoms with Crippen molar-refractivity contribution in [2.45, 2.75) is 26.7 Å². The van der Waals surface area contributed by atoms with Crippen LogP contribution in [0.1, 0.15) is 37.0 Å². The molecule has 19 heavy (non-hydrogen) atoms. The van der Waals surface area contributed by atoms with Crippen molar-refractivity contribution in [3.05, 3.63) is 29.6 Å². The number of aliphatic hydroxyl groups excluding tert-OH is 1. The fourth-order valence-corrected chi connectivity index (χ4v) is 1.89. The Bertz CT molecular complexity index is 417. The van der Waals surface area contributed by atoms with Gasteiger partial charge in [-0.05, 0) is 31.0 Å². The Morgan fingerprint density at radius 2 is 2.00 bits per heavy atom. The highest BCUT2D eigenvalue weighted by Crippen LogP contribution is 2.24. The van der Waals surface area contributed by atoms with Crippen molar-refractivity contribution in [2.24, 2.45) is 5.41 Å². The predicted octanol–water partition coefficient (Wildman–Crippen LogP) is 1.94. The summed E-state index contributed by atoms with van der Waals surface area (Å²) < 4.78 is 13.2. The molecular weight excluding hydrogens is 247 g/mol. The second-order valence-electron chi connectivity index (χ2n) is 4.82. The number of carbonyl (C=O) groups excluding carboxylic acids is 1. The number of hydrogen-bond donors (Lipinski definition) is 3. The largest absolute Gasteiger partial charge is 0.399 e. The van der Waals surface area contributed by atoms with Gasteiger partial charge in [0, 0.05) is 23.2 Å². The van der Waals surface area contributed by atoms with Gasteiger partial charge in [-0.2, -0.15) is 0 Å². The maximum absolute atomic E-state index is 13.2. The van der Waals surface area contributed by atoms with Crippen LogP contribution in [0.3, 0.4) is 0 Å². The third kappa shape index (κ3) is 3.92. The van der Waals surface area contributed by atoms with Gasteiger partial charge in [-0.1, -0.05) is 13.8 Å². The summed E-state index contributed by atoms with van der Waals surface area (Å²) in [7, 11) is 0. The number of amides is 1. The molecule has 0 aromatic heterocycles. The van der Waals surface area contributed by atoms with Crippen LogP contribution in [0.2, 0.25) is 0 Å². The van der Waals surface area contributed by atoms with Gasteiger partial charge in [0.25, 0.3) is 5.91 Å². The van der Waals surface area contributed by atoms with E-state index in [-0.39, 0.29) is 29.2 Å². The molecule has 106 valence electrons. The Labute approximate surface area is 112 Å². The summed E-state index contributed by atoms with van der Waals surface area (Å²) in [4.78, 5) is 11.9.